The molecule has 8 heteroatoms. The molecule has 0 saturated carbocycles. The third-order valence-electron chi connectivity index (χ3n) is 5.08. The fourth-order valence-corrected chi connectivity index (χ4v) is 4.50. The highest BCUT2D eigenvalue weighted by atomic mass is 32.2. The van der Waals surface area contributed by atoms with Crippen LogP contribution >= 0.6 is 11.8 Å². The first-order chi connectivity index (χ1) is 12.9. The Balaban J connectivity index is 1.82. The highest BCUT2D eigenvalue weighted by Crippen LogP contribution is 2.31. The van der Waals surface area contributed by atoms with E-state index in [-0.39, 0.29) is 23.2 Å². The molecule has 0 radical (unpaired) electrons. The number of ether oxygens (including phenoxy) is 1. The number of hydrogen-bond acceptors (Lipinski definition) is 6. The van der Waals surface area contributed by atoms with Crippen LogP contribution in [0.25, 0.3) is 5.69 Å². The van der Waals surface area contributed by atoms with Gasteiger partial charge in [0, 0.05) is 12.1 Å². The average molecular weight is 390 g/mol. The van der Waals surface area contributed by atoms with Gasteiger partial charge in [-0.1, -0.05) is 17.8 Å². The van der Waals surface area contributed by atoms with E-state index in [0.717, 1.165) is 24.1 Å². The second-order valence-corrected chi connectivity index (χ2v) is 8.49. The van der Waals surface area contributed by atoms with Crippen molar-refractivity contribution in [3.63, 3.8) is 0 Å². The lowest BCUT2D eigenvalue weighted by molar-refractivity contribution is -0.136. The number of benzene rings is 1. The van der Waals surface area contributed by atoms with Crippen molar-refractivity contribution < 1.29 is 9.53 Å². The number of aromatic nitrogens is 4. The molecule has 27 heavy (non-hydrogen) atoms. The van der Waals surface area contributed by atoms with E-state index < -0.39 is 0 Å². The molecule has 1 aromatic heterocycles. The first-order valence-electron chi connectivity index (χ1n) is 9.34. The Morgan fingerprint density at radius 2 is 2.00 bits per heavy atom. The number of thioether (sulfide) groups is 1. The van der Waals surface area contributed by atoms with Crippen LogP contribution in [0.15, 0.2) is 23.4 Å². The number of rotatable bonds is 5. The smallest absolute Gasteiger partial charge is 0.236 e. The van der Waals surface area contributed by atoms with Crippen LogP contribution in [0.2, 0.25) is 0 Å². The number of piperidine rings is 1. The Kier molecular flexibility index (Phi) is 6.04. The molecule has 1 aromatic carbocycles. The predicted molar refractivity (Wildman–Crippen MR) is 105 cm³/mol. The van der Waals surface area contributed by atoms with Crippen LogP contribution in [0.3, 0.4) is 0 Å². The number of carbonyl (C=O) groups is 1. The lowest BCUT2D eigenvalue weighted by Gasteiger charge is -2.40. The van der Waals surface area contributed by atoms with Crippen molar-refractivity contribution in [1.29, 1.82) is 0 Å². The summed E-state index contributed by atoms with van der Waals surface area (Å²) in [5, 5.41) is 12.4. The summed E-state index contributed by atoms with van der Waals surface area (Å²) in [5.41, 5.74) is 1.85. The molecule has 0 spiro atoms. The van der Waals surface area contributed by atoms with Crippen molar-refractivity contribution in [2.24, 2.45) is 0 Å². The zero-order valence-electron chi connectivity index (χ0n) is 16.5. The molecule has 1 aliphatic heterocycles. The summed E-state index contributed by atoms with van der Waals surface area (Å²) >= 11 is 1.38. The number of likely N-dealkylation sites (tertiary alicyclic amines) is 1. The van der Waals surface area contributed by atoms with Crippen LogP contribution in [0.1, 0.15) is 45.6 Å². The van der Waals surface area contributed by atoms with Crippen molar-refractivity contribution in [1.82, 2.24) is 25.1 Å². The van der Waals surface area contributed by atoms with Crippen LogP contribution < -0.4 is 4.74 Å². The van der Waals surface area contributed by atoms with E-state index in [9.17, 15) is 4.79 Å². The van der Waals surface area contributed by atoms with E-state index in [1.54, 1.807) is 11.8 Å². The quantitative estimate of drug-likeness (QED) is 0.731. The van der Waals surface area contributed by atoms with Gasteiger partial charge in [-0.25, -0.2) is 0 Å². The van der Waals surface area contributed by atoms with Crippen LogP contribution in [-0.4, -0.2) is 55.5 Å². The van der Waals surface area contributed by atoms with Gasteiger partial charge in [-0.15, -0.1) is 5.10 Å². The van der Waals surface area contributed by atoms with E-state index in [1.165, 1.54) is 18.2 Å². The molecule has 7 nitrogen and oxygen atoms in total. The summed E-state index contributed by atoms with van der Waals surface area (Å²) in [5.74, 6) is 0.831. The highest BCUT2D eigenvalue weighted by molar-refractivity contribution is 8.00. The zero-order chi connectivity index (χ0) is 19.6. The summed E-state index contributed by atoms with van der Waals surface area (Å²) in [6.07, 6.45) is 3.30. The lowest BCUT2D eigenvalue weighted by Crippen LogP contribution is -2.50. The molecule has 0 unspecified atom stereocenters. The molecule has 1 aliphatic rings. The van der Waals surface area contributed by atoms with Gasteiger partial charge in [0.25, 0.3) is 0 Å². The molecule has 3 rings (SSSR count). The third kappa shape index (κ3) is 4.10. The molecule has 3 atom stereocenters. The lowest BCUT2D eigenvalue weighted by atomic mass is 9.97. The Hall–Kier alpha value is -2.09. The first kappa shape index (κ1) is 19.7. The monoisotopic (exact) mass is 389 g/mol. The zero-order valence-corrected chi connectivity index (χ0v) is 17.4. The molecular weight excluding hydrogens is 362 g/mol. The second kappa shape index (κ2) is 8.29. The van der Waals surface area contributed by atoms with Gasteiger partial charge in [-0.3, -0.25) is 4.79 Å². The van der Waals surface area contributed by atoms with Crippen LogP contribution in [0.5, 0.6) is 5.75 Å². The van der Waals surface area contributed by atoms with Crippen LogP contribution in [0.4, 0.5) is 0 Å². The average Bonchev–Trinajstić information content (AvgIpc) is 3.09. The van der Waals surface area contributed by atoms with Gasteiger partial charge in [0.2, 0.25) is 11.1 Å². The Labute approximate surface area is 164 Å². The van der Waals surface area contributed by atoms with E-state index in [4.69, 9.17) is 4.74 Å². The molecule has 146 valence electrons. The molecule has 2 aromatic rings. The van der Waals surface area contributed by atoms with Gasteiger partial charge in [-0.05, 0) is 75.1 Å². The fourth-order valence-electron chi connectivity index (χ4n) is 3.64. The number of hydrogen-bond donors (Lipinski definition) is 0. The summed E-state index contributed by atoms with van der Waals surface area (Å²) in [6, 6.07) is 6.40. The number of nitrogens with zero attached hydrogens (tertiary/aromatic N) is 5. The number of aryl methyl sites for hydroxylation is 1. The standard InChI is InChI=1S/C19H27N5O2S/c1-12-9-10-17(26-5)16(11-12)24-19(20-21-22-24)27-15(4)18(25)23-13(2)7-6-8-14(23)3/h9-11,13-15H,6-8H2,1-5H3/t13-,14-,15-/m0/s1. The second-order valence-electron chi connectivity index (χ2n) is 7.18. The summed E-state index contributed by atoms with van der Waals surface area (Å²) in [6.45, 7) is 8.19. The van der Waals surface area contributed by atoms with E-state index in [0.29, 0.717) is 10.9 Å². The SMILES string of the molecule is COc1ccc(C)cc1-n1nnnc1S[C@@H](C)C(=O)N1[C@@H](C)CCC[C@@H]1C. The number of tetrazole rings is 1. The predicted octanol–water partition coefficient (Wildman–Crippen LogP) is 3.25. The van der Waals surface area contributed by atoms with Gasteiger partial charge >= 0.3 is 0 Å². The Morgan fingerprint density at radius 3 is 2.67 bits per heavy atom. The van der Waals surface area contributed by atoms with Crippen molar-refractivity contribution in [3.8, 4) is 11.4 Å². The van der Waals surface area contributed by atoms with Crippen molar-refractivity contribution >= 4 is 17.7 Å². The molecule has 1 fully saturated rings. The van der Waals surface area contributed by atoms with E-state index in [1.807, 2.05) is 36.9 Å². The van der Waals surface area contributed by atoms with Crippen LogP contribution in [0, 0.1) is 6.92 Å². The number of methoxy groups -OCH3 is 1. The minimum atomic E-state index is -0.270. The van der Waals surface area contributed by atoms with Gasteiger partial charge in [-0.2, -0.15) is 4.68 Å². The third-order valence-corrected chi connectivity index (χ3v) is 6.10. The molecule has 2 heterocycles. The molecule has 0 bridgehead atoms. The molecule has 0 N–H and O–H groups in total. The van der Waals surface area contributed by atoms with Gasteiger partial charge < -0.3 is 9.64 Å². The highest BCUT2D eigenvalue weighted by Gasteiger charge is 2.33. The van der Waals surface area contributed by atoms with Crippen LogP contribution in [-0.2, 0) is 4.79 Å². The molecule has 1 saturated heterocycles. The van der Waals surface area contributed by atoms with Gasteiger partial charge in [0.1, 0.15) is 11.4 Å². The molecule has 1 amide bonds. The van der Waals surface area contributed by atoms with E-state index in [2.05, 4.69) is 29.4 Å². The van der Waals surface area contributed by atoms with Crippen molar-refractivity contribution in [2.45, 2.75) is 69.4 Å². The minimum Gasteiger partial charge on any atom is -0.494 e. The fraction of sp³-hybridized carbons (Fsp3) is 0.579. The maximum Gasteiger partial charge on any atom is 0.236 e. The van der Waals surface area contributed by atoms with Gasteiger partial charge in [0.15, 0.2) is 0 Å². The van der Waals surface area contributed by atoms with Gasteiger partial charge in [0.05, 0.1) is 12.4 Å². The van der Waals surface area contributed by atoms with Crippen molar-refractivity contribution in [3.05, 3.63) is 23.8 Å². The molecular formula is C19H27N5O2S. The minimum absolute atomic E-state index is 0.144. The normalized spacial score (nSPS) is 21.1. The maximum absolute atomic E-state index is 13.1. The summed E-state index contributed by atoms with van der Waals surface area (Å²) in [7, 11) is 1.62. The Bertz CT molecular complexity index is 799. The van der Waals surface area contributed by atoms with Crippen molar-refractivity contribution in [2.75, 3.05) is 7.11 Å². The first-order valence-corrected chi connectivity index (χ1v) is 10.2. The Morgan fingerprint density at radius 1 is 1.30 bits per heavy atom. The topological polar surface area (TPSA) is 73.1 Å². The number of carbonyl (C=O) groups excluding carboxylic acids is 1. The molecule has 0 aliphatic carbocycles. The number of amides is 1. The maximum atomic E-state index is 13.1. The largest absolute Gasteiger partial charge is 0.494 e. The van der Waals surface area contributed by atoms with E-state index >= 15 is 0 Å². The summed E-state index contributed by atoms with van der Waals surface area (Å²) < 4.78 is 7.10. The summed E-state index contributed by atoms with van der Waals surface area (Å²) in [4.78, 5) is 15.1.